The molecule has 0 unspecified atom stereocenters. The largest absolute Gasteiger partial charge is 0.497 e. The van der Waals surface area contributed by atoms with Gasteiger partial charge in [-0.2, -0.15) is 5.10 Å². The van der Waals surface area contributed by atoms with E-state index in [1.54, 1.807) is 70.3 Å². The molecule has 1 fully saturated rings. The van der Waals surface area contributed by atoms with Crippen LogP contribution >= 0.6 is 11.6 Å². The first-order valence-corrected chi connectivity index (χ1v) is 21.2. The molecule has 3 heterocycles. The maximum absolute atomic E-state index is 15.1. The van der Waals surface area contributed by atoms with Gasteiger partial charge in [-0.15, -0.1) is 0 Å². The van der Waals surface area contributed by atoms with Gasteiger partial charge >= 0.3 is 6.09 Å². The second kappa shape index (κ2) is 16.7. The van der Waals surface area contributed by atoms with Crippen LogP contribution in [0.1, 0.15) is 43.8 Å². The highest BCUT2D eigenvalue weighted by Gasteiger charge is 2.31. The van der Waals surface area contributed by atoms with Crippen molar-refractivity contribution in [3.63, 3.8) is 0 Å². The SMILES string of the molecule is COc1ccc(CN(c2nn(C)c3c(-n4c([C@H](Cc5cc(F)cc(F)c5)NC(=O)OC(C)(C)C)nc5cc(N6CCOCC6)ccc5c4=O)ccc(Cl)c23)S(C)(=O)=O)cc1. The van der Waals surface area contributed by atoms with E-state index in [4.69, 9.17) is 30.8 Å². The van der Waals surface area contributed by atoms with Crippen LogP contribution in [0.15, 0.2) is 77.6 Å². The lowest BCUT2D eigenvalue weighted by molar-refractivity contribution is 0.0500. The monoisotopic (exact) mass is 863 g/mol. The highest BCUT2D eigenvalue weighted by molar-refractivity contribution is 7.92. The van der Waals surface area contributed by atoms with E-state index in [0.29, 0.717) is 37.6 Å². The number of morpholine rings is 1. The summed E-state index contributed by atoms with van der Waals surface area (Å²) in [5, 5.41) is 8.04. The number of amides is 1. The number of nitrogens with zero attached hydrogens (tertiary/aromatic N) is 6. The number of methoxy groups -OCH3 is 1. The third-order valence-corrected chi connectivity index (χ3v) is 11.3. The van der Waals surface area contributed by atoms with Crippen LogP contribution in [-0.4, -0.2) is 79.1 Å². The molecule has 2 aromatic heterocycles. The summed E-state index contributed by atoms with van der Waals surface area (Å²) in [6, 6.07) is 17.0. The molecule has 1 atom stereocenters. The molecule has 0 aliphatic carbocycles. The summed E-state index contributed by atoms with van der Waals surface area (Å²) in [6.45, 7) is 7.17. The maximum Gasteiger partial charge on any atom is 0.408 e. The molecular weight excluding hydrogens is 820 g/mol. The van der Waals surface area contributed by atoms with Gasteiger partial charge in [0.15, 0.2) is 5.82 Å². The van der Waals surface area contributed by atoms with Gasteiger partial charge in [0.25, 0.3) is 5.56 Å². The number of benzene rings is 4. The van der Waals surface area contributed by atoms with E-state index in [-0.39, 0.29) is 62.7 Å². The molecule has 1 saturated heterocycles. The zero-order chi connectivity index (χ0) is 43.1. The van der Waals surface area contributed by atoms with Crippen molar-refractivity contribution in [2.75, 3.05) is 48.9 Å². The van der Waals surface area contributed by atoms with E-state index in [1.165, 1.54) is 22.4 Å². The minimum absolute atomic E-state index is 0.00478. The molecule has 1 N–H and O–H groups in total. The fraction of sp³-hybridized carbons (Fsp3) is 0.333. The van der Waals surface area contributed by atoms with Crippen molar-refractivity contribution >= 4 is 61.0 Å². The van der Waals surface area contributed by atoms with Gasteiger partial charge in [-0.1, -0.05) is 23.7 Å². The summed E-state index contributed by atoms with van der Waals surface area (Å²) in [6.07, 6.45) is -0.0526. The zero-order valence-corrected chi connectivity index (χ0v) is 35.4. The van der Waals surface area contributed by atoms with Crippen LogP contribution in [-0.2, 0) is 39.5 Å². The number of carbonyl (C=O) groups is 1. The van der Waals surface area contributed by atoms with E-state index in [2.05, 4.69) is 15.3 Å². The Morgan fingerprint density at radius 1 is 1.00 bits per heavy atom. The van der Waals surface area contributed by atoms with E-state index >= 15 is 4.79 Å². The highest BCUT2D eigenvalue weighted by atomic mass is 35.5. The van der Waals surface area contributed by atoms with Crippen LogP contribution in [0, 0.1) is 11.6 Å². The summed E-state index contributed by atoms with van der Waals surface area (Å²) < 4.78 is 76.6. The van der Waals surface area contributed by atoms with Crippen molar-refractivity contribution in [2.45, 2.75) is 45.4 Å². The van der Waals surface area contributed by atoms with Crippen molar-refractivity contribution in [3.8, 4) is 11.4 Å². The summed E-state index contributed by atoms with van der Waals surface area (Å²) in [5.74, 6) is -1.12. The Bertz CT molecular complexity index is 2750. The van der Waals surface area contributed by atoms with E-state index in [0.717, 1.165) is 34.4 Å². The number of anilines is 2. The Kier molecular flexibility index (Phi) is 11.8. The Balaban J connectivity index is 1.49. The zero-order valence-electron chi connectivity index (χ0n) is 33.8. The van der Waals surface area contributed by atoms with Gasteiger partial charge in [0.05, 0.1) is 71.7 Å². The molecule has 6 aromatic rings. The summed E-state index contributed by atoms with van der Waals surface area (Å²) in [7, 11) is -0.885. The molecule has 4 aromatic carbocycles. The molecule has 1 aliphatic heterocycles. The number of halogens is 3. The van der Waals surface area contributed by atoms with Crippen LogP contribution in [0.5, 0.6) is 5.75 Å². The summed E-state index contributed by atoms with van der Waals surface area (Å²) >= 11 is 6.91. The van der Waals surface area contributed by atoms with Crippen LogP contribution in [0.25, 0.3) is 27.5 Å². The number of ether oxygens (including phenoxy) is 3. The summed E-state index contributed by atoms with van der Waals surface area (Å²) in [5.41, 5.74) is 0.796. The molecule has 1 aliphatic rings. The highest BCUT2D eigenvalue weighted by Crippen LogP contribution is 2.38. The number of rotatable bonds is 11. The van der Waals surface area contributed by atoms with Crippen LogP contribution in [0.3, 0.4) is 0 Å². The van der Waals surface area contributed by atoms with Gasteiger partial charge in [-0.3, -0.25) is 14.0 Å². The standard InChI is InChI=1S/C42H44ClF2N7O7S/c1-42(2,3)59-41(54)47-34(21-26-19-27(44)22-28(45)20-26)38-46-33-23-29(50-15-17-58-18-16-50)9-12-31(33)40(53)52(38)35-14-13-32(43)36-37(35)49(4)48-39(36)51(60(6,55)56)24-25-7-10-30(57-5)11-8-25/h7-14,19-20,22-23,34H,15-18,21,24H2,1-6H3,(H,47,54)/t34-/m0/s1. The van der Waals surface area contributed by atoms with Gasteiger partial charge in [0.1, 0.15) is 28.8 Å². The Morgan fingerprint density at radius 2 is 1.68 bits per heavy atom. The molecule has 1 amide bonds. The lowest BCUT2D eigenvalue weighted by Crippen LogP contribution is -2.39. The number of carbonyl (C=O) groups excluding carboxylic acids is 1. The number of nitrogens with one attached hydrogen (secondary N) is 1. The van der Waals surface area contributed by atoms with Crippen molar-refractivity contribution < 1.29 is 36.2 Å². The minimum atomic E-state index is -3.99. The van der Waals surface area contributed by atoms with Crippen LogP contribution < -0.4 is 24.8 Å². The first kappa shape index (κ1) is 42.3. The van der Waals surface area contributed by atoms with Crippen LogP contribution in [0.2, 0.25) is 5.02 Å². The molecule has 18 heteroatoms. The molecule has 14 nitrogen and oxygen atoms in total. The predicted octanol–water partition coefficient (Wildman–Crippen LogP) is 6.82. The van der Waals surface area contributed by atoms with E-state index < -0.39 is 45.0 Å². The van der Waals surface area contributed by atoms with Gasteiger partial charge in [-0.25, -0.2) is 31.3 Å². The average molecular weight is 864 g/mol. The van der Waals surface area contributed by atoms with Crippen molar-refractivity contribution in [1.82, 2.24) is 24.6 Å². The normalized spacial score (nSPS) is 14.1. The van der Waals surface area contributed by atoms with Gasteiger partial charge in [0, 0.05) is 38.3 Å². The molecule has 0 saturated carbocycles. The number of fused-ring (bicyclic) bond motifs is 2. The molecule has 0 bridgehead atoms. The lowest BCUT2D eigenvalue weighted by atomic mass is 10.0. The number of hydrogen-bond acceptors (Lipinski definition) is 10. The number of sulfonamides is 1. The molecule has 0 radical (unpaired) electrons. The fourth-order valence-corrected chi connectivity index (χ4v) is 8.30. The first-order valence-electron chi connectivity index (χ1n) is 19.0. The number of aromatic nitrogens is 4. The second-order valence-corrected chi connectivity index (χ2v) is 17.8. The predicted molar refractivity (Wildman–Crippen MR) is 226 cm³/mol. The summed E-state index contributed by atoms with van der Waals surface area (Å²) in [4.78, 5) is 35.8. The minimum Gasteiger partial charge on any atom is -0.497 e. The number of hydrogen-bond donors (Lipinski definition) is 1. The van der Waals surface area contributed by atoms with E-state index in [9.17, 15) is 22.0 Å². The Hall–Kier alpha value is -5.78. The van der Waals surface area contributed by atoms with Crippen LogP contribution in [0.4, 0.5) is 25.1 Å². The molecule has 7 rings (SSSR count). The Labute approximate surface area is 350 Å². The third-order valence-electron chi connectivity index (χ3n) is 9.88. The molecule has 0 spiro atoms. The smallest absolute Gasteiger partial charge is 0.408 e. The lowest BCUT2D eigenvalue weighted by Gasteiger charge is -2.29. The quantitative estimate of drug-likeness (QED) is 0.147. The molecule has 60 heavy (non-hydrogen) atoms. The first-order chi connectivity index (χ1) is 28.4. The van der Waals surface area contributed by atoms with E-state index in [1.807, 2.05) is 6.07 Å². The van der Waals surface area contributed by atoms with Gasteiger partial charge in [-0.05, 0) is 86.5 Å². The maximum atomic E-state index is 15.1. The second-order valence-electron chi connectivity index (χ2n) is 15.4. The average Bonchev–Trinajstić information content (AvgIpc) is 3.53. The molecule has 316 valence electrons. The van der Waals surface area contributed by atoms with Crippen molar-refractivity contribution in [3.05, 3.63) is 117 Å². The van der Waals surface area contributed by atoms with Gasteiger partial charge < -0.3 is 24.4 Å². The molecular formula is C42H44ClF2N7O7S. The Morgan fingerprint density at radius 3 is 2.32 bits per heavy atom. The van der Waals surface area contributed by atoms with Crippen molar-refractivity contribution in [2.24, 2.45) is 7.05 Å². The van der Waals surface area contributed by atoms with Gasteiger partial charge in [0.2, 0.25) is 10.0 Å². The fourth-order valence-electron chi connectivity index (χ4n) is 7.24. The number of alkyl carbamates (subject to hydrolysis) is 1. The van der Waals surface area contributed by atoms with Crippen molar-refractivity contribution in [1.29, 1.82) is 0 Å². The topological polar surface area (TPSA) is 150 Å². The third kappa shape index (κ3) is 9.02. The number of aryl methyl sites for hydroxylation is 1.